The highest BCUT2D eigenvalue weighted by Crippen LogP contribution is 2.40. The average molecular weight is 941 g/mol. The van der Waals surface area contributed by atoms with E-state index < -0.39 is 0 Å². The molecule has 346 valence electrons. The third kappa shape index (κ3) is 7.69. The lowest BCUT2D eigenvalue weighted by Gasteiger charge is -2.12. The van der Waals surface area contributed by atoms with E-state index in [9.17, 15) is 0 Å². The number of fused-ring (bicyclic) bond motifs is 6. The Morgan fingerprint density at radius 3 is 0.878 bits per heavy atom. The van der Waals surface area contributed by atoms with Crippen LogP contribution in [0.5, 0.6) is 0 Å². The van der Waals surface area contributed by atoms with Gasteiger partial charge in [0.1, 0.15) is 0 Å². The molecule has 0 spiro atoms. The van der Waals surface area contributed by atoms with Crippen molar-refractivity contribution in [2.75, 3.05) is 0 Å². The second kappa shape index (κ2) is 18.1. The van der Waals surface area contributed by atoms with Gasteiger partial charge in [-0.2, -0.15) is 0 Å². The lowest BCUT2D eigenvalue weighted by Crippen LogP contribution is -1.94. The van der Waals surface area contributed by atoms with Gasteiger partial charge in [0.15, 0.2) is 0 Å². The number of hydrogen-bond acceptors (Lipinski definition) is 0. The van der Waals surface area contributed by atoms with Crippen molar-refractivity contribution >= 4 is 43.6 Å². The summed E-state index contributed by atoms with van der Waals surface area (Å²) in [5, 5.41) is 4.99. The summed E-state index contributed by atoms with van der Waals surface area (Å²) in [6, 6.07) is 106. The highest BCUT2D eigenvalue weighted by atomic mass is 15.0. The number of benzene rings is 12. The molecule has 0 aliphatic carbocycles. The first-order valence-corrected chi connectivity index (χ1v) is 25.5. The Labute approximate surface area is 431 Å². The molecular formula is C72H48N2. The lowest BCUT2D eigenvalue weighted by atomic mass is 9.94. The van der Waals surface area contributed by atoms with E-state index >= 15 is 0 Å². The second-order valence-corrected chi connectivity index (χ2v) is 19.3. The largest absolute Gasteiger partial charge is 0.309 e. The van der Waals surface area contributed by atoms with E-state index in [0.717, 1.165) is 5.69 Å². The van der Waals surface area contributed by atoms with Gasteiger partial charge in [-0.15, -0.1) is 0 Å². The maximum Gasteiger partial charge on any atom is 0.0541 e. The topological polar surface area (TPSA) is 9.86 Å². The summed E-state index contributed by atoms with van der Waals surface area (Å²) < 4.78 is 4.80. The second-order valence-electron chi connectivity index (χ2n) is 19.3. The molecule has 2 heterocycles. The highest BCUT2D eigenvalue weighted by Gasteiger charge is 2.17. The van der Waals surface area contributed by atoms with E-state index in [1.54, 1.807) is 0 Å². The summed E-state index contributed by atoms with van der Waals surface area (Å²) in [6.07, 6.45) is 0. The molecule has 74 heavy (non-hydrogen) atoms. The zero-order valence-electron chi connectivity index (χ0n) is 40.6. The van der Waals surface area contributed by atoms with Crippen LogP contribution in [-0.2, 0) is 0 Å². The van der Waals surface area contributed by atoms with E-state index in [4.69, 9.17) is 0 Å². The Morgan fingerprint density at radius 1 is 0.149 bits per heavy atom. The van der Waals surface area contributed by atoms with E-state index in [1.165, 1.54) is 127 Å². The van der Waals surface area contributed by atoms with Crippen LogP contribution in [0.15, 0.2) is 291 Å². The van der Waals surface area contributed by atoms with Crippen LogP contribution in [0.1, 0.15) is 0 Å². The molecule has 2 aromatic heterocycles. The van der Waals surface area contributed by atoms with Crippen LogP contribution < -0.4 is 0 Å². The van der Waals surface area contributed by atoms with E-state index in [2.05, 4.69) is 300 Å². The predicted molar refractivity (Wildman–Crippen MR) is 313 cm³/mol. The van der Waals surface area contributed by atoms with Gasteiger partial charge >= 0.3 is 0 Å². The van der Waals surface area contributed by atoms with Crippen molar-refractivity contribution < 1.29 is 0 Å². The van der Waals surface area contributed by atoms with E-state index in [1.807, 2.05) is 0 Å². The minimum atomic E-state index is 1.14. The van der Waals surface area contributed by atoms with Crippen molar-refractivity contribution in [2.45, 2.75) is 0 Å². The van der Waals surface area contributed by atoms with Crippen molar-refractivity contribution in [1.29, 1.82) is 0 Å². The molecule has 12 aromatic carbocycles. The molecule has 2 nitrogen and oxygen atoms in total. The van der Waals surface area contributed by atoms with Crippen molar-refractivity contribution in [3.63, 3.8) is 0 Å². The first-order valence-electron chi connectivity index (χ1n) is 25.5. The fraction of sp³-hybridized carbons (Fsp3) is 0. The Balaban J connectivity index is 0.729. The van der Waals surface area contributed by atoms with Crippen LogP contribution in [0.4, 0.5) is 0 Å². The fourth-order valence-corrected chi connectivity index (χ4v) is 11.2. The van der Waals surface area contributed by atoms with Crippen LogP contribution >= 0.6 is 0 Å². The normalized spacial score (nSPS) is 11.5. The van der Waals surface area contributed by atoms with Crippen LogP contribution in [-0.4, -0.2) is 9.13 Å². The SMILES string of the molecule is c1ccc(-c2ccc(-c3ccc(-c4cccc(-c5cccc(-c6ccc(-c7cccc(-n8c9ccccc9c9cc(-c%10ccc%11c(c%10)c%10ccccc%10n%11-c%10ccccc%10)ccc98)c7)cc6)c5)c4)cc3)cc2)cc1. The number of nitrogens with zero attached hydrogens (tertiary/aromatic N) is 2. The zero-order valence-corrected chi connectivity index (χ0v) is 40.6. The highest BCUT2D eigenvalue weighted by molar-refractivity contribution is 6.12. The van der Waals surface area contributed by atoms with E-state index in [-0.39, 0.29) is 0 Å². The Bertz CT molecular complexity index is 4370. The molecule has 0 aliphatic rings. The van der Waals surface area contributed by atoms with Crippen LogP contribution in [0.25, 0.3) is 133 Å². The van der Waals surface area contributed by atoms with E-state index in [0.29, 0.717) is 0 Å². The molecular weight excluding hydrogens is 893 g/mol. The number of hydrogen-bond donors (Lipinski definition) is 0. The van der Waals surface area contributed by atoms with Gasteiger partial charge in [0.25, 0.3) is 0 Å². The van der Waals surface area contributed by atoms with Gasteiger partial charge in [-0.25, -0.2) is 0 Å². The smallest absolute Gasteiger partial charge is 0.0541 e. The molecule has 0 fully saturated rings. The maximum absolute atomic E-state index is 2.42. The van der Waals surface area contributed by atoms with Crippen LogP contribution in [0.3, 0.4) is 0 Å². The monoisotopic (exact) mass is 940 g/mol. The molecule has 0 unspecified atom stereocenters. The first-order chi connectivity index (χ1) is 36.7. The summed E-state index contributed by atoms with van der Waals surface area (Å²) in [7, 11) is 0. The summed E-state index contributed by atoms with van der Waals surface area (Å²) in [5.74, 6) is 0. The van der Waals surface area contributed by atoms with Crippen molar-refractivity contribution in [3.8, 4) is 89.3 Å². The molecule has 14 aromatic rings. The van der Waals surface area contributed by atoms with Crippen LogP contribution in [0.2, 0.25) is 0 Å². The third-order valence-electron chi connectivity index (χ3n) is 15.0. The summed E-state index contributed by atoms with van der Waals surface area (Å²) in [5.41, 5.74) is 24.0. The molecule has 0 saturated carbocycles. The molecule has 0 aliphatic heterocycles. The van der Waals surface area contributed by atoms with Gasteiger partial charge in [0, 0.05) is 32.9 Å². The van der Waals surface area contributed by atoms with Gasteiger partial charge < -0.3 is 9.13 Å². The minimum Gasteiger partial charge on any atom is -0.309 e. The number of rotatable bonds is 9. The lowest BCUT2D eigenvalue weighted by molar-refractivity contribution is 1.18. The molecule has 2 heteroatoms. The Kier molecular flexibility index (Phi) is 10.6. The summed E-state index contributed by atoms with van der Waals surface area (Å²) >= 11 is 0. The van der Waals surface area contributed by atoms with Crippen molar-refractivity contribution in [1.82, 2.24) is 9.13 Å². The third-order valence-corrected chi connectivity index (χ3v) is 15.0. The van der Waals surface area contributed by atoms with Crippen molar-refractivity contribution in [2.24, 2.45) is 0 Å². The van der Waals surface area contributed by atoms with Gasteiger partial charge in [0.2, 0.25) is 0 Å². The van der Waals surface area contributed by atoms with Gasteiger partial charge in [-0.1, -0.05) is 218 Å². The van der Waals surface area contributed by atoms with Gasteiger partial charge in [0.05, 0.1) is 22.1 Å². The molecule has 0 saturated heterocycles. The van der Waals surface area contributed by atoms with Gasteiger partial charge in [-0.05, 0) is 151 Å². The standard InChI is InChI=1S/C72H48N2/c1-3-14-49(15-4-1)50-28-30-51(31-29-50)52-32-34-53(35-33-52)56-16-11-18-58(44-56)59-19-12-17-57(45-59)54-36-38-55(39-37-54)60-20-13-23-64(46-60)74-70-27-10-8-25-66(70)68-48-62(41-43-72(68)74)61-40-42-71-67(47-61)65-24-7-9-26-69(65)73(71)63-21-5-2-6-22-63/h1-48H. The fourth-order valence-electron chi connectivity index (χ4n) is 11.2. The summed E-state index contributed by atoms with van der Waals surface area (Å²) in [4.78, 5) is 0. The molecule has 0 radical (unpaired) electrons. The maximum atomic E-state index is 2.42. The molecule has 0 bridgehead atoms. The quantitative estimate of drug-likeness (QED) is 0.136. The number of aromatic nitrogens is 2. The first kappa shape index (κ1) is 43.1. The van der Waals surface area contributed by atoms with Gasteiger partial charge in [-0.3, -0.25) is 0 Å². The Hall–Kier alpha value is -9.76. The summed E-state index contributed by atoms with van der Waals surface area (Å²) in [6.45, 7) is 0. The average Bonchev–Trinajstić information content (AvgIpc) is 4.00. The molecule has 0 atom stereocenters. The minimum absolute atomic E-state index is 1.14. The number of para-hydroxylation sites is 3. The predicted octanol–water partition coefficient (Wildman–Crippen LogP) is 19.5. The van der Waals surface area contributed by atoms with Crippen LogP contribution in [0, 0.1) is 0 Å². The Morgan fingerprint density at radius 2 is 0.419 bits per heavy atom. The van der Waals surface area contributed by atoms with Crippen molar-refractivity contribution in [3.05, 3.63) is 291 Å². The molecule has 14 rings (SSSR count). The molecule has 0 N–H and O–H groups in total. The molecule has 0 amide bonds. The zero-order chi connectivity index (χ0) is 49.0.